The first kappa shape index (κ1) is 13.4. The van der Waals surface area contributed by atoms with Crippen molar-refractivity contribution in [1.82, 2.24) is 9.55 Å². The van der Waals surface area contributed by atoms with Crippen LogP contribution in [0.1, 0.15) is 17.7 Å². The number of hydrogen-bond acceptors (Lipinski definition) is 3. The van der Waals surface area contributed by atoms with E-state index in [0.717, 1.165) is 33.9 Å². The van der Waals surface area contributed by atoms with Gasteiger partial charge in [-0.3, -0.25) is 4.57 Å². The van der Waals surface area contributed by atoms with Crippen LogP contribution in [0.25, 0.3) is 22.4 Å². The Kier molecular flexibility index (Phi) is 2.65. The zero-order chi connectivity index (χ0) is 16.3. The summed E-state index contributed by atoms with van der Waals surface area (Å²) in [6.07, 6.45) is -0.0454. The maximum absolute atomic E-state index is 5.99. The van der Waals surface area contributed by atoms with Crippen LogP contribution in [0.3, 0.4) is 0 Å². The summed E-state index contributed by atoms with van der Waals surface area (Å²) < 4.78 is 8.27. The monoisotopic (exact) mass is 315 g/mol. The first-order valence-corrected chi connectivity index (χ1v) is 8.09. The Morgan fingerprint density at radius 3 is 2.58 bits per heavy atom. The van der Waals surface area contributed by atoms with Gasteiger partial charge in [-0.25, -0.2) is 4.98 Å². The van der Waals surface area contributed by atoms with E-state index >= 15 is 0 Å². The number of nitrogens with zero attached hydrogens (tertiary/aromatic N) is 3. The van der Waals surface area contributed by atoms with Gasteiger partial charge in [-0.2, -0.15) is 0 Å². The zero-order valence-electron chi connectivity index (χ0n) is 13.6. The van der Waals surface area contributed by atoms with E-state index in [4.69, 9.17) is 9.40 Å². The molecule has 1 aliphatic heterocycles. The number of anilines is 1. The van der Waals surface area contributed by atoms with Crippen LogP contribution < -0.4 is 4.90 Å². The second-order valence-corrected chi connectivity index (χ2v) is 6.24. The Bertz CT molecular complexity index is 1060. The number of aromatic nitrogens is 2. The van der Waals surface area contributed by atoms with Gasteiger partial charge >= 0.3 is 0 Å². The fourth-order valence-corrected chi connectivity index (χ4v) is 3.67. The Hall–Kier alpha value is -3.01. The van der Waals surface area contributed by atoms with E-state index in [-0.39, 0.29) is 6.17 Å². The molecule has 4 aromatic rings. The third kappa shape index (κ3) is 1.71. The number of aryl methyl sites for hydroxylation is 1. The molecule has 1 aliphatic rings. The highest BCUT2D eigenvalue weighted by atomic mass is 16.3. The zero-order valence-corrected chi connectivity index (χ0v) is 13.6. The molecule has 118 valence electrons. The fraction of sp³-hybridized carbons (Fsp3) is 0.150. The second-order valence-electron chi connectivity index (χ2n) is 6.24. The van der Waals surface area contributed by atoms with Crippen molar-refractivity contribution in [2.24, 2.45) is 0 Å². The van der Waals surface area contributed by atoms with Crippen LogP contribution in [0.15, 0.2) is 65.1 Å². The quantitative estimate of drug-likeness (QED) is 0.515. The van der Waals surface area contributed by atoms with Crippen LogP contribution in [-0.2, 0) is 0 Å². The van der Waals surface area contributed by atoms with Crippen LogP contribution in [0, 0.1) is 6.92 Å². The van der Waals surface area contributed by atoms with Gasteiger partial charge in [0.05, 0.1) is 11.0 Å². The van der Waals surface area contributed by atoms with Crippen LogP contribution in [-0.4, -0.2) is 16.6 Å². The van der Waals surface area contributed by atoms with Crippen molar-refractivity contribution in [3.05, 3.63) is 72.2 Å². The first-order valence-electron chi connectivity index (χ1n) is 8.09. The molecule has 0 amide bonds. The number of fused-ring (bicyclic) bond motifs is 5. The lowest BCUT2D eigenvalue weighted by Gasteiger charge is -2.36. The standard InChI is InChI=1S/C20H17N3O/c1-13-11-12-18(24-13)20-22(2)16-9-5-3-7-14(16)19-21-15-8-4-6-10-17(15)23(19)20/h3-12,20H,1-2H3/t20-/m0/s1. The summed E-state index contributed by atoms with van der Waals surface area (Å²) in [6.45, 7) is 1.98. The van der Waals surface area contributed by atoms with E-state index in [9.17, 15) is 0 Å². The molecular weight excluding hydrogens is 298 g/mol. The predicted octanol–water partition coefficient (Wildman–Crippen LogP) is 4.60. The Morgan fingerprint density at radius 1 is 0.958 bits per heavy atom. The lowest BCUT2D eigenvalue weighted by Crippen LogP contribution is -2.33. The number of rotatable bonds is 1. The highest BCUT2D eigenvalue weighted by Gasteiger charge is 2.33. The molecule has 0 saturated heterocycles. The number of furan rings is 1. The minimum Gasteiger partial charge on any atom is -0.462 e. The summed E-state index contributed by atoms with van der Waals surface area (Å²) in [5, 5.41) is 0. The molecule has 0 unspecified atom stereocenters. The van der Waals surface area contributed by atoms with Crippen molar-refractivity contribution in [2.45, 2.75) is 13.1 Å². The Morgan fingerprint density at radius 2 is 1.75 bits per heavy atom. The molecule has 1 atom stereocenters. The molecule has 4 heteroatoms. The van der Waals surface area contributed by atoms with Gasteiger partial charge < -0.3 is 9.32 Å². The van der Waals surface area contributed by atoms with Crippen LogP contribution in [0.4, 0.5) is 5.69 Å². The van der Waals surface area contributed by atoms with E-state index in [2.05, 4.69) is 65.0 Å². The highest BCUT2D eigenvalue weighted by molar-refractivity contribution is 5.87. The van der Waals surface area contributed by atoms with E-state index < -0.39 is 0 Å². The van der Waals surface area contributed by atoms with Crippen LogP contribution >= 0.6 is 0 Å². The maximum atomic E-state index is 5.99. The average molecular weight is 315 g/mol. The maximum Gasteiger partial charge on any atom is 0.167 e. The van der Waals surface area contributed by atoms with Gasteiger partial charge in [0.15, 0.2) is 6.17 Å². The molecule has 0 saturated carbocycles. The summed E-state index contributed by atoms with van der Waals surface area (Å²) in [4.78, 5) is 7.16. The number of imidazole rings is 1. The normalized spacial score (nSPS) is 16.2. The molecule has 24 heavy (non-hydrogen) atoms. The molecule has 0 N–H and O–H groups in total. The molecule has 3 heterocycles. The van der Waals surface area contributed by atoms with Gasteiger partial charge in [0.2, 0.25) is 0 Å². The van der Waals surface area contributed by atoms with Crippen molar-refractivity contribution >= 4 is 16.7 Å². The van der Waals surface area contributed by atoms with Crippen LogP contribution in [0.5, 0.6) is 0 Å². The third-order valence-electron chi connectivity index (χ3n) is 4.75. The summed E-state index contributed by atoms with van der Waals surface area (Å²) in [6, 6.07) is 20.8. The molecule has 0 bridgehead atoms. The van der Waals surface area contributed by atoms with Gasteiger partial charge in [0.25, 0.3) is 0 Å². The number of para-hydroxylation sites is 3. The highest BCUT2D eigenvalue weighted by Crippen LogP contribution is 2.43. The summed E-state index contributed by atoms with van der Waals surface area (Å²) >= 11 is 0. The second kappa shape index (κ2) is 4.74. The minimum absolute atomic E-state index is 0.0454. The van der Waals surface area contributed by atoms with Gasteiger partial charge in [-0.15, -0.1) is 0 Å². The van der Waals surface area contributed by atoms with E-state index in [1.807, 2.05) is 19.1 Å². The molecule has 0 aliphatic carbocycles. The van der Waals surface area contributed by atoms with E-state index in [1.165, 1.54) is 5.69 Å². The van der Waals surface area contributed by atoms with Crippen molar-refractivity contribution in [3.63, 3.8) is 0 Å². The Balaban J connectivity index is 1.88. The lowest BCUT2D eigenvalue weighted by atomic mass is 10.1. The molecule has 2 aromatic carbocycles. The van der Waals surface area contributed by atoms with Gasteiger partial charge in [0.1, 0.15) is 17.3 Å². The molecule has 4 nitrogen and oxygen atoms in total. The predicted molar refractivity (Wildman–Crippen MR) is 95.2 cm³/mol. The molecule has 2 aromatic heterocycles. The Labute approximate surface area is 140 Å². The third-order valence-corrected chi connectivity index (χ3v) is 4.75. The summed E-state index contributed by atoms with van der Waals surface area (Å²) in [5.41, 5.74) is 4.44. The first-order chi connectivity index (χ1) is 11.7. The van der Waals surface area contributed by atoms with Crippen molar-refractivity contribution in [1.29, 1.82) is 0 Å². The fourth-order valence-electron chi connectivity index (χ4n) is 3.67. The number of hydrogen-bond donors (Lipinski definition) is 0. The van der Waals surface area contributed by atoms with E-state index in [0.29, 0.717) is 0 Å². The average Bonchev–Trinajstić information content (AvgIpc) is 3.20. The molecule has 5 rings (SSSR count). The molecular formula is C20H17N3O. The smallest absolute Gasteiger partial charge is 0.167 e. The van der Waals surface area contributed by atoms with Crippen LogP contribution in [0.2, 0.25) is 0 Å². The van der Waals surface area contributed by atoms with Crippen molar-refractivity contribution in [3.8, 4) is 11.4 Å². The van der Waals surface area contributed by atoms with Crippen molar-refractivity contribution < 1.29 is 4.42 Å². The van der Waals surface area contributed by atoms with E-state index in [1.54, 1.807) is 0 Å². The lowest BCUT2D eigenvalue weighted by molar-refractivity contribution is 0.413. The molecule has 0 fully saturated rings. The summed E-state index contributed by atoms with van der Waals surface area (Å²) in [7, 11) is 2.11. The van der Waals surface area contributed by atoms with Gasteiger partial charge in [-0.1, -0.05) is 24.3 Å². The molecule has 0 radical (unpaired) electrons. The van der Waals surface area contributed by atoms with Crippen molar-refractivity contribution in [2.75, 3.05) is 11.9 Å². The van der Waals surface area contributed by atoms with Gasteiger partial charge in [-0.05, 0) is 43.3 Å². The summed E-state index contributed by atoms with van der Waals surface area (Å²) in [5.74, 6) is 2.83. The molecule has 0 spiro atoms. The SMILES string of the molecule is Cc1ccc([C@H]2N(C)c3ccccc3-c3nc4ccccc4n32)o1. The minimum atomic E-state index is -0.0454. The topological polar surface area (TPSA) is 34.2 Å². The largest absolute Gasteiger partial charge is 0.462 e. The number of benzene rings is 2. The van der Waals surface area contributed by atoms with Gasteiger partial charge in [0, 0.05) is 18.3 Å².